The first-order valence-electron chi connectivity index (χ1n) is 5.03. The van der Waals surface area contributed by atoms with Crippen LogP contribution in [-0.2, 0) is 0 Å². The summed E-state index contributed by atoms with van der Waals surface area (Å²) >= 11 is 1.84. The number of thiophene rings is 1. The summed E-state index contributed by atoms with van der Waals surface area (Å²) in [5.41, 5.74) is 1.23. The smallest absolute Gasteiger partial charge is 0.0518 e. The second kappa shape index (κ2) is 3.55. The van der Waals surface area contributed by atoms with E-state index >= 15 is 0 Å². The number of hydrogen-bond donors (Lipinski definition) is 1. The summed E-state index contributed by atoms with van der Waals surface area (Å²) in [7, 11) is 0. The lowest BCUT2D eigenvalue weighted by Crippen LogP contribution is -2.13. The Bertz CT molecular complexity index is 515. The summed E-state index contributed by atoms with van der Waals surface area (Å²) in [5, 5.41) is 4.71. The molecule has 1 nitrogen and oxygen atoms in total. The first kappa shape index (κ1) is 8.74. The second-order valence-corrected chi connectivity index (χ2v) is 4.62. The maximum atomic E-state index is 3.38. The van der Waals surface area contributed by atoms with Crippen molar-refractivity contribution in [2.45, 2.75) is 0 Å². The van der Waals surface area contributed by atoms with Crippen LogP contribution in [-0.4, -0.2) is 6.54 Å². The largest absolute Gasteiger partial charge is 0.380 e. The average Bonchev–Trinajstić information content (AvgIpc) is 2.74. The van der Waals surface area contributed by atoms with Crippen molar-refractivity contribution in [2.75, 3.05) is 6.54 Å². The zero-order valence-electron chi connectivity index (χ0n) is 8.23. The van der Waals surface area contributed by atoms with Gasteiger partial charge in [0.25, 0.3) is 0 Å². The van der Waals surface area contributed by atoms with E-state index in [2.05, 4.69) is 53.9 Å². The molecule has 2 aromatic rings. The summed E-state index contributed by atoms with van der Waals surface area (Å²) in [6, 6.07) is 10.8. The second-order valence-electron chi connectivity index (χ2n) is 3.54. The van der Waals surface area contributed by atoms with E-state index in [9.17, 15) is 0 Å². The quantitative estimate of drug-likeness (QED) is 0.765. The molecule has 74 valence electrons. The van der Waals surface area contributed by atoms with Crippen LogP contribution in [0.4, 0.5) is 0 Å². The van der Waals surface area contributed by atoms with Gasteiger partial charge in [-0.1, -0.05) is 30.4 Å². The predicted octanol–water partition coefficient (Wildman–Crippen LogP) is 3.40. The van der Waals surface area contributed by atoms with Crippen LogP contribution in [0, 0.1) is 0 Å². The molecule has 0 bridgehead atoms. The maximum absolute atomic E-state index is 3.38. The van der Waals surface area contributed by atoms with E-state index in [0.717, 1.165) is 6.54 Å². The fraction of sp³-hybridized carbons (Fsp3) is 0.0769. The van der Waals surface area contributed by atoms with Crippen molar-refractivity contribution in [1.82, 2.24) is 5.32 Å². The summed E-state index contributed by atoms with van der Waals surface area (Å²) in [6.07, 6.45) is 6.36. The minimum Gasteiger partial charge on any atom is -0.380 e. The Morgan fingerprint density at radius 2 is 2.13 bits per heavy atom. The Labute approximate surface area is 92.7 Å². The number of benzene rings is 1. The molecule has 0 saturated carbocycles. The van der Waals surface area contributed by atoms with Crippen LogP contribution >= 0.6 is 11.3 Å². The molecule has 0 fully saturated rings. The Morgan fingerprint density at radius 1 is 1.20 bits per heavy atom. The van der Waals surface area contributed by atoms with E-state index in [-0.39, 0.29) is 0 Å². The van der Waals surface area contributed by atoms with Gasteiger partial charge in [0.1, 0.15) is 0 Å². The van der Waals surface area contributed by atoms with Crippen LogP contribution < -0.4 is 5.32 Å². The number of dihydropyridines is 1. The molecular weight excluding hydrogens is 202 g/mol. The highest BCUT2D eigenvalue weighted by Gasteiger charge is 2.06. The number of fused-ring (bicyclic) bond motifs is 1. The third kappa shape index (κ3) is 1.57. The molecule has 0 amide bonds. The molecule has 0 unspecified atom stereocenters. The number of rotatable bonds is 1. The van der Waals surface area contributed by atoms with Crippen molar-refractivity contribution in [1.29, 1.82) is 0 Å². The third-order valence-electron chi connectivity index (χ3n) is 2.50. The van der Waals surface area contributed by atoms with Gasteiger partial charge in [0.05, 0.1) is 10.6 Å². The normalized spacial score (nSPS) is 15.1. The van der Waals surface area contributed by atoms with Crippen LogP contribution in [0.3, 0.4) is 0 Å². The summed E-state index contributed by atoms with van der Waals surface area (Å²) < 4.78 is 1.35. The SMILES string of the molecule is C1=CCNC(c2cc3ccccc3s2)=C1. The fourth-order valence-corrected chi connectivity index (χ4v) is 2.81. The van der Waals surface area contributed by atoms with Gasteiger partial charge >= 0.3 is 0 Å². The van der Waals surface area contributed by atoms with Crippen LogP contribution in [0.15, 0.2) is 48.6 Å². The van der Waals surface area contributed by atoms with Crippen molar-refractivity contribution in [2.24, 2.45) is 0 Å². The highest BCUT2D eigenvalue weighted by Crippen LogP contribution is 2.29. The molecule has 1 N–H and O–H groups in total. The Morgan fingerprint density at radius 3 is 2.93 bits per heavy atom. The van der Waals surface area contributed by atoms with Gasteiger partial charge in [-0.3, -0.25) is 0 Å². The Hall–Kier alpha value is -1.54. The lowest BCUT2D eigenvalue weighted by atomic mass is 10.2. The zero-order chi connectivity index (χ0) is 10.1. The molecule has 1 aromatic heterocycles. The number of allylic oxidation sites excluding steroid dienone is 2. The van der Waals surface area contributed by atoms with E-state index in [1.165, 1.54) is 20.7 Å². The van der Waals surface area contributed by atoms with E-state index in [4.69, 9.17) is 0 Å². The van der Waals surface area contributed by atoms with Crippen molar-refractivity contribution < 1.29 is 0 Å². The summed E-state index contributed by atoms with van der Waals surface area (Å²) in [4.78, 5) is 1.32. The molecular formula is C13H11NS. The number of nitrogens with one attached hydrogen (secondary N) is 1. The molecule has 1 aliphatic rings. The van der Waals surface area contributed by atoms with Gasteiger partial charge in [-0.15, -0.1) is 11.3 Å². The molecule has 15 heavy (non-hydrogen) atoms. The van der Waals surface area contributed by atoms with Gasteiger partial charge in [-0.2, -0.15) is 0 Å². The Balaban J connectivity index is 2.11. The number of hydrogen-bond acceptors (Lipinski definition) is 2. The highest BCUT2D eigenvalue weighted by atomic mass is 32.1. The molecule has 3 rings (SSSR count). The molecule has 2 heteroatoms. The predicted molar refractivity (Wildman–Crippen MR) is 66.9 cm³/mol. The third-order valence-corrected chi connectivity index (χ3v) is 3.65. The monoisotopic (exact) mass is 213 g/mol. The van der Waals surface area contributed by atoms with Crippen molar-refractivity contribution in [3.8, 4) is 0 Å². The molecule has 0 saturated heterocycles. The van der Waals surface area contributed by atoms with Crippen molar-refractivity contribution in [3.63, 3.8) is 0 Å². The van der Waals surface area contributed by atoms with Crippen LogP contribution in [0.5, 0.6) is 0 Å². The lowest BCUT2D eigenvalue weighted by Gasteiger charge is -2.09. The molecule has 1 aliphatic heterocycles. The molecule has 0 atom stereocenters. The fourth-order valence-electron chi connectivity index (χ4n) is 1.74. The van der Waals surface area contributed by atoms with E-state index in [1.54, 1.807) is 0 Å². The van der Waals surface area contributed by atoms with Gasteiger partial charge in [0, 0.05) is 11.2 Å². The van der Waals surface area contributed by atoms with E-state index in [1.807, 2.05) is 11.3 Å². The van der Waals surface area contributed by atoms with Crippen molar-refractivity contribution in [3.05, 3.63) is 53.4 Å². The standard InChI is InChI=1S/C13H11NS/c1-2-7-12-10(5-1)9-13(15-12)11-6-3-4-8-14-11/h1-7,9,14H,8H2. The maximum Gasteiger partial charge on any atom is 0.0518 e. The average molecular weight is 213 g/mol. The molecule has 0 radical (unpaired) electrons. The van der Waals surface area contributed by atoms with Gasteiger partial charge in [-0.25, -0.2) is 0 Å². The van der Waals surface area contributed by atoms with Crippen molar-refractivity contribution >= 4 is 27.1 Å². The van der Waals surface area contributed by atoms with Crippen LogP contribution in [0.25, 0.3) is 15.8 Å². The summed E-state index contributed by atoms with van der Waals surface area (Å²) in [5.74, 6) is 0. The summed E-state index contributed by atoms with van der Waals surface area (Å²) in [6.45, 7) is 0.931. The molecule has 2 heterocycles. The minimum absolute atomic E-state index is 0.931. The van der Waals surface area contributed by atoms with E-state index in [0.29, 0.717) is 0 Å². The molecule has 0 spiro atoms. The molecule has 0 aliphatic carbocycles. The Kier molecular flexibility index (Phi) is 2.07. The van der Waals surface area contributed by atoms with Gasteiger partial charge in [0.2, 0.25) is 0 Å². The van der Waals surface area contributed by atoms with E-state index < -0.39 is 0 Å². The topological polar surface area (TPSA) is 12.0 Å². The van der Waals surface area contributed by atoms with Crippen LogP contribution in [0.2, 0.25) is 0 Å². The van der Waals surface area contributed by atoms with Gasteiger partial charge in [0.15, 0.2) is 0 Å². The minimum atomic E-state index is 0.931. The zero-order valence-corrected chi connectivity index (χ0v) is 9.05. The first-order valence-corrected chi connectivity index (χ1v) is 5.85. The highest BCUT2D eigenvalue weighted by molar-refractivity contribution is 7.20. The lowest BCUT2D eigenvalue weighted by molar-refractivity contribution is 1.00. The molecule has 1 aromatic carbocycles. The first-order chi connectivity index (χ1) is 7.43. The van der Waals surface area contributed by atoms with Crippen LogP contribution in [0.1, 0.15) is 4.88 Å². The van der Waals surface area contributed by atoms with Gasteiger partial charge in [-0.05, 0) is 23.6 Å². The van der Waals surface area contributed by atoms with Gasteiger partial charge < -0.3 is 5.32 Å².